The van der Waals surface area contributed by atoms with Gasteiger partial charge in [0.05, 0.1) is 23.3 Å². The Bertz CT molecular complexity index is 1230. The average molecular weight is 427 g/mol. The quantitative estimate of drug-likeness (QED) is 0.471. The highest BCUT2D eigenvalue weighted by Gasteiger charge is 2.16. The van der Waals surface area contributed by atoms with E-state index in [9.17, 15) is 9.59 Å². The van der Waals surface area contributed by atoms with Gasteiger partial charge < -0.3 is 10.1 Å². The summed E-state index contributed by atoms with van der Waals surface area (Å²) < 4.78 is 6.71. The molecule has 2 heterocycles. The fraction of sp³-hybridized carbons (Fsp3) is 0.125. The second kappa shape index (κ2) is 9.22. The number of hydrogen-bond acceptors (Lipinski definition) is 6. The van der Waals surface area contributed by atoms with Crippen LogP contribution in [0, 0.1) is 13.8 Å². The summed E-state index contributed by atoms with van der Waals surface area (Å²) in [6.07, 6.45) is 2.77. The molecule has 0 atom stereocenters. The predicted molar refractivity (Wildman–Crippen MR) is 119 cm³/mol. The maximum absolute atomic E-state index is 12.5. The number of rotatable bonds is 6. The molecule has 0 aliphatic heterocycles. The molecule has 1 amide bonds. The molecule has 0 unspecified atom stereocenters. The van der Waals surface area contributed by atoms with E-state index >= 15 is 0 Å². The standard InChI is InChI=1S/C24H21N5O3/c1-16-8-10-18(11-9-16)20-12-22(29(28-20)19-6-4-3-5-7-19)27-23(30)15-32-24(31)21-14-25-17(2)13-26-21/h3-14H,15H2,1-2H3,(H,27,30). The molecule has 2 aromatic carbocycles. The second-order valence-corrected chi connectivity index (χ2v) is 7.20. The van der Waals surface area contributed by atoms with Gasteiger partial charge in [-0.1, -0.05) is 48.0 Å². The molecule has 4 aromatic rings. The molecular weight excluding hydrogens is 406 g/mol. The van der Waals surface area contributed by atoms with Crippen LogP contribution in [0.2, 0.25) is 0 Å². The summed E-state index contributed by atoms with van der Waals surface area (Å²) in [5, 5.41) is 7.44. The average Bonchev–Trinajstić information content (AvgIpc) is 3.22. The Kier molecular flexibility index (Phi) is 6.03. The number of hydrogen-bond donors (Lipinski definition) is 1. The Morgan fingerprint density at radius 1 is 0.969 bits per heavy atom. The van der Waals surface area contributed by atoms with E-state index in [0.717, 1.165) is 16.8 Å². The smallest absolute Gasteiger partial charge is 0.359 e. The molecule has 0 bridgehead atoms. The summed E-state index contributed by atoms with van der Waals surface area (Å²) in [5.74, 6) is -0.751. The molecule has 32 heavy (non-hydrogen) atoms. The maximum atomic E-state index is 12.5. The van der Waals surface area contributed by atoms with Gasteiger partial charge in [0.1, 0.15) is 5.82 Å². The Morgan fingerprint density at radius 2 is 1.72 bits per heavy atom. The van der Waals surface area contributed by atoms with Crippen LogP contribution in [0.1, 0.15) is 21.7 Å². The predicted octanol–water partition coefficient (Wildman–Crippen LogP) is 3.74. The number of carbonyl (C=O) groups is 2. The van der Waals surface area contributed by atoms with Crippen LogP contribution in [0.3, 0.4) is 0 Å². The first-order valence-corrected chi connectivity index (χ1v) is 9.98. The number of nitrogens with zero attached hydrogens (tertiary/aromatic N) is 4. The number of ether oxygens (including phenoxy) is 1. The van der Waals surface area contributed by atoms with Crippen molar-refractivity contribution in [2.24, 2.45) is 0 Å². The minimum absolute atomic E-state index is 0.0411. The molecule has 0 radical (unpaired) electrons. The summed E-state index contributed by atoms with van der Waals surface area (Å²) in [5.41, 5.74) is 4.27. The van der Waals surface area contributed by atoms with Crippen molar-refractivity contribution < 1.29 is 14.3 Å². The third-order valence-electron chi connectivity index (χ3n) is 4.65. The van der Waals surface area contributed by atoms with Crippen LogP contribution in [0.15, 0.2) is 73.1 Å². The molecule has 4 rings (SSSR count). The fourth-order valence-corrected chi connectivity index (χ4v) is 2.98. The van der Waals surface area contributed by atoms with Gasteiger partial charge in [0, 0.05) is 17.8 Å². The molecule has 0 saturated heterocycles. The highest BCUT2D eigenvalue weighted by atomic mass is 16.5. The van der Waals surface area contributed by atoms with Gasteiger partial charge in [-0.15, -0.1) is 0 Å². The molecule has 2 aromatic heterocycles. The van der Waals surface area contributed by atoms with E-state index in [2.05, 4.69) is 20.4 Å². The SMILES string of the molecule is Cc1ccc(-c2cc(NC(=O)COC(=O)c3cnc(C)cn3)n(-c3ccccc3)n2)cc1. The highest BCUT2D eigenvalue weighted by Crippen LogP contribution is 2.25. The number of aromatic nitrogens is 4. The van der Waals surface area contributed by atoms with Crippen molar-refractivity contribution in [2.45, 2.75) is 13.8 Å². The molecule has 0 saturated carbocycles. The minimum Gasteiger partial charge on any atom is -0.451 e. The van der Waals surface area contributed by atoms with E-state index in [4.69, 9.17) is 4.74 Å². The van der Waals surface area contributed by atoms with Gasteiger partial charge >= 0.3 is 5.97 Å². The van der Waals surface area contributed by atoms with Crippen LogP contribution in [0.25, 0.3) is 16.9 Å². The molecule has 8 heteroatoms. The van der Waals surface area contributed by atoms with Gasteiger partial charge in [0.25, 0.3) is 5.91 Å². The van der Waals surface area contributed by atoms with Crippen molar-refractivity contribution in [1.82, 2.24) is 19.7 Å². The summed E-state index contributed by atoms with van der Waals surface area (Å²) >= 11 is 0. The van der Waals surface area contributed by atoms with Gasteiger partial charge in [-0.3, -0.25) is 9.78 Å². The second-order valence-electron chi connectivity index (χ2n) is 7.20. The molecule has 8 nitrogen and oxygen atoms in total. The topological polar surface area (TPSA) is 99.0 Å². The summed E-state index contributed by atoms with van der Waals surface area (Å²) in [6, 6.07) is 19.2. The van der Waals surface area contributed by atoms with Crippen molar-refractivity contribution in [1.29, 1.82) is 0 Å². The van der Waals surface area contributed by atoms with E-state index in [0.29, 0.717) is 17.2 Å². The zero-order valence-electron chi connectivity index (χ0n) is 17.6. The van der Waals surface area contributed by atoms with Crippen LogP contribution in [-0.4, -0.2) is 38.2 Å². The summed E-state index contributed by atoms with van der Waals surface area (Å²) in [7, 11) is 0. The largest absolute Gasteiger partial charge is 0.451 e. The third kappa shape index (κ3) is 4.86. The van der Waals surface area contributed by atoms with Gasteiger partial charge in [0.15, 0.2) is 12.3 Å². The number of benzene rings is 2. The first kappa shape index (κ1) is 20.9. The normalized spacial score (nSPS) is 10.6. The lowest BCUT2D eigenvalue weighted by Gasteiger charge is -2.09. The summed E-state index contributed by atoms with van der Waals surface area (Å²) in [6.45, 7) is 3.31. The van der Waals surface area contributed by atoms with Crippen molar-refractivity contribution in [3.8, 4) is 16.9 Å². The van der Waals surface area contributed by atoms with Crippen LogP contribution >= 0.6 is 0 Å². The van der Waals surface area contributed by atoms with Crippen LogP contribution < -0.4 is 5.32 Å². The van der Waals surface area contributed by atoms with Crippen molar-refractivity contribution >= 4 is 17.7 Å². The first-order valence-electron chi connectivity index (χ1n) is 9.98. The third-order valence-corrected chi connectivity index (χ3v) is 4.65. The Balaban J connectivity index is 1.52. The van der Waals surface area contributed by atoms with Crippen LogP contribution in [-0.2, 0) is 9.53 Å². The Morgan fingerprint density at radius 3 is 2.41 bits per heavy atom. The van der Waals surface area contributed by atoms with Gasteiger partial charge in [0.2, 0.25) is 0 Å². The first-order chi connectivity index (χ1) is 15.5. The van der Waals surface area contributed by atoms with E-state index in [1.807, 2.05) is 61.5 Å². The zero-order chi connectivity index (χ0) is 22.5. The van der Waals surface area contributed by atoms with E-state index in [1.165, 1.54) is 12.4 Å². The number of para-hydroxylation sites is 1. The monoisotopic (exact) mass is 427 g/mol. The van der Waals surface area contributed by atoms with Crippen LogP contribution in [0.5, 0.6) is 0 Å². The van der Waals surface area contributed by atoms with Crippen LogP contribution in [0.4, 0.5) is 5.82 Å². The van der Waals surface area contributed by atoms with Gasteiger partial charge in [-0.05, 0) is 26.0 Å². The van der Waals surface area contributed by atoms with E-state index in [1.54, 1.807) is 17.7 Å². The molecule has 0 aliphatic carbocycles. The van der Waals surface area contributed by atoms with Crippen molar-refractivity contribution in [3.63, 3.8) is 0 Å². The number of esters is 1. The molecule has 0 spiro atoms. The number of amides is 1. The number of nitrogens with one attached hydrogen (secondary N) is 1. The summed E-state index contributed by atoms with van der Waals surface area (Å²) in [4.78, 5) is 32.6. The van der Waals surface area contributed by atoms with Crippen molar-refractivity contribution in [2.75, 3.05) is 11.9 Å². The lowest BCUT2D eigenvalue weighted by atomic mass is 10.1. The maximum Gasteiger partial charge on any atom is 0.359 e. The van der Waals surface area contributed by atoms with Gasteiger partial charge in [-0.2, -0.15) is 5.10 Å². The highest BCUT2D eigenvalue weighted by molar-refractivity contribution is 5.94. The number of aryl methyl sites for hydroxylation is 2. The molecule has 0 aliphatic rings. The lowest BCUT2D eigenvalue weighted by molar-refractivity contribution is -0.119. The zero-order valence-corrected chi connectivity index (χ0v) is 17.6. The Hall–Kier alpha value is -4.33. The minimum atomic E-state index is -0.718. The van der Waals surface area contributed by atoms with Gasteiger partial charge in [-0.25, -0.2) is 14.5 Å². The molecule has 1 N–H and O–H groups in total. The Labute approximate surface area is 184 Å². The number of anilines is 1. The van der Waals surface area contributed by atoms with Crippen molar-refractivity contribution in [3.05, 3.63) is 90.0 Å². The number of carbonyl (C=O) groups excluding carboxylic acids is 2. The molecular formula is C24H21N5O3. The van der Waals surface area contributed by atoms with E-state index < -0.39 is 18.5 Å². The van der Waals surface area contributed by atoms with E-state index in [-0.39, 0.29) is 5.69 Å². The fourth-order valence-electron chi connectivity index (χ4n) is 2.98. The molecule has 160 valence electrons. The lowest BCUT2D eigenvalue weighted by Crippen LogP contribution is -2.22. The molecule has 0 fully saturated rings.